The van der Waals surface area contributed by atoms with Gasteiger partial charge in [-0.25, -0.2) is 0 Å². The molecule has 0 radical (unpaired) electrons. The van der Waals surface area contributed by atoms with E-state index in [1.165, 1.54) is 0 Å². The van der Waals surface area contributed by atoms with Crippen molar-refractivity contribution < 1.29 is 19.1 Å². The Hall–Kier alpha value is -2.29. The summed E-state index contributed by atoms with van der Waals surface area (Å²) in [5.41, 5.74) is 0.298. The molecule has 2 rings (SSSR count). The van der Waals surface area contributed by atoms with E-state index in [0.717, 1.165) is 44.2 Å². The van der Waals surface area contributed by atoms with Crippen molar-refractivity contribution in [2.45, 2.75) is 84.7 Å². The minimum Gasteiger partial charge on any atom is -0.380 e. The molecular formula is C30H50N4O4. The van der Waals surface area contributed by atoms with Crippen LogP contribution in [0.3, 0.4) is 0 Å². The van der Waals surface area contributed by atoms with E-state index in [2.05, 4.69) is 34.7 Å². The van der Waals surface area contributed by atoms with E-state index >= 15 is 0 Å². The van der Waals surface area contributed by atoms with Gasteiger partial charge >= 0.3 is 0 Å². The molecule has 1 aromatic rings. The van der Waals surface area contributed by atoms with Crippen LogP contribution in [0.15, 0.2) is 30.3 Å². The van der Waals surface area contributed by atoms with Crippen molar-refractivity contribution >= 4 is 18.1 Å². The first-order valence-corrected chi connectivity index (χ1v) is 14.2. The molecule has 214 valence electrons. The molecule has 1 aliphatic rings. The van der Waals surface area contributed by atoms with Gasteiger partial charge in [0.2, 0.25) is 11.8 Å². The normalized spacial score (nSPS) is 19.7. The predicted octanol–water partition coefficient (Wildman–Crippen LogP) is 3.36. The number of likely N-dealkylation sites (tertiary alicyclic amines) is 1. The predicted molar refractivity (Wildman–Crippen MR) is 151 cm³/mol. The van der Waals surface area contributed by atoms with Crippen LogP contribution in [0.25, 0.3) is 0 Å². The van der Waals surface area contributed by atoms with Gasteiger partial charge in [0.25, 0.3) is 0 Å². The molecule has 8 heteroatoms. The maximum absolute atomic E-state index is 13.4. The van der Waals surface area contributed by atoms with Crippen LogP contribution in [0.4, 0.5) is 0 Å². The first-order chi connectivity index (χ1) is 18.2. The second-order valence-corrected chi connectivity index (χ2v) is 11.0. The number of hydrogen-bond acceptors (Lipinski definition) is 6. The van der Waals surface area contributed by atoms with E-state index in [9.17, 15) is 14.4 Å². The Balaban J connectivity index is 2.54. The number of carbonyl (C=O) groups is 3. The molecule has 2 amide bonds. The van der Waals surface area contributed by atoms with E-state index in [4.69, 9.17) is 4.74 Å². The number of nitrogens with one attached hydrogen (secondary N) is 3. The Morgan fingerprint density at radius 2 is 1.71 bits per heavy atom. The second-order valence-electron chi connectivity index (χ2n) is 11.0. The molecule has 0 aromatic heterocycles. The molecular weight excluding hydrogens is 480 g/mol. The van der Waals surface area contributed by atoms with Gasteiger partial charge in [-0.2, -0.15) is 0 Å². The Morgan fingerprint density at radius 3 is 2.21 bits per heavy atom. The molecule has 0 aliphatic carbocycles. The third kappa shape index (κ3) is 7.42. The summed E-state index contributed by atoms with van der Waals surface area (Å²) in [5.74, 6) is -0.985. The lowest BCUT2D eigenvalue weighted by atomic mass is 9.71. The summed E-state index contributed by atoms with van der Waals surface area (Å²) < 4.78 is 6.10. The zero-order valence-corrected chi connectivity index (χ0v) is 24.5. The van der Waals surface area contributed by atoms with Crippen molar-refractivity contribution in [3.8, 4) is 0 Å². The molecule has 5 unspecified atom stereocenters. The van der Waals surface area contributed by atoms with E-state index in [0.29, 0.717) is 6.54 Å². The van der Waals surface area contributed by atoms with Crippen LogP contribution in [0, 0.1) is 23.7 Å². The number of methoxy groups -OCH3 is 1. The summed E-state index contributed by atoms with van der Waals surface area (Å²) in [6.07, 6.45) is 3.53. The maximum Gasteiger partial charge on any atom is 0.237 e. The van der Waals surface area contributed by atoms with Crippen LogP contribution in [-0.2, 0) is 25.7 Å². The topological polar surface area (TPSA) is 99.8 Å². The minimum atomic E-state index is -0.720. The average Bonchev–Trinajstić information content (AvgIpc) is 3.47. The molecule has 38 heavy (non-hydrogen) atoms. The Kier molecular flexibility index (Phi) is 12.9. The molecule has 1 fully saturated rings. The number of rotatable bonds is 16. The first-order valence-electron chi connectivity index (χ1n) is 14.2. The molecule has 0 saturated carbocycles. The smallest absolute Gasteiger partial charge is 0.237 e. The van der Waals surface area contributed by atoms with Gasteiger partial charge in [0.15, 0.2) is 0 Å². The first kappa shape index (κ1) is 31.9. The van der Waals surface area contributed by atoms with Crippen LogP contribution >= 0.6 is 0 Å². The quantitative estimate of drug-likeness (QED) is 0.284. The lowest BCUT2D eigenvalue weighted by molar-refractivity contribution is -0.146. The highest BCUT2D eigenvalue weighted by atomic mass is 16.5. The number of ether oxygens (including phenoxy) is 1. The fourth-order valence-corrected chi connectivity index (χ4v) is 6.07. The summed E-state index contributed by atoms with van der Waals surface area (Å²) in [4.78, 5) is 41.2. The van der Waals surface area contributed by atoms with Gasteiger partial charge in [0.1, 0.15) is 6.29 Å². The number of benzene rings is 1. The van der Waals surface area contributed by atoms with Crippen molar-refractivity contribution in [2.75, 3.05) is 27.2 Å². The summed E-state index contributed by atoms with van der Waals surface area (Å²) in [6.45, 7) is 12.4. The third-order valence-corrected chi connectivity index (χ3v) is 8.38. The Morgan fingerprint density at radius 1 is 1.08 bits per heavy atom. The van der Waals surface area contributed by atoms with Gasteiger partial charge in [0, 0.05) is 33.0 Å². The highest BCUT2D eigenvalue weighted by Crippen LogP contribution is 2.41. The number of likely N-dealkylation sites (N-methyl/N-ethyl adjacent to an activating group) is 1. The standard InChI is InChI=1S/C30H50N4O4/c1-8-22(4)30(34-17-12-13-18-34,33-26(21(2)3)29(37)31-6)25(16-19-35)27(38-7)23(5)28(36)32-20-24-14-10-9-11-15-24/h9-11,14-15,19,21-23,25-27,33H,8,12-13,16-18,20H2,1-7H3,(H,31,37)(H,32,36)/t22?,23?,25?,26-,27?,30?/m0/s1. The largest absolute Gasteiger partial charge is 0.380 e. The van der Waals surface area contributed by atoms with Gasteiger partial charge < -0.3 is 20.2 Å². The Bertz CT molecular complexity index is 874. The van der Waals surface area contributed by atoms with Gasteiger partial charge in [0.05, 0.1) is 23.7 Å². The zero-order valence-electron chi connectivity index (χ0n) is 24.5. The Labute approximate surface area is 229 Å². The van der Waals surface area contributed by atoms with Crippen molar-refractivity contribution in [3.63, 3.8) is 0 Å². The highest BCUT2D eigenvalue weighted by Gasteiger charge is 2.54. The molecule has 3 N–H and O–H groups in total. The summed E-state index contributed by atoms with van der Waals surface area (Å²) in [7, 11) is 3.27. The fourth-order valence-electron chi connectivity index (χ4n) is 6.07. The van der Waals surface area contributed by atoms with E-state index in [-0.39, 0.29) is 36.0 Å². The van der Waals surface area contributed by atoms with Crippen LogP contribution in [0.1, 0.15) is 65.9 Å². The monoisotopic (exact) mass is 530 g/mol. The molecule has 0 bridgehead atoms. The van der Waals surface area contributed by atoms with Gasteiger partial charge in [-0.15, -0.1) is 0 Å². The second kappa shape index (κ2) is 15.3. The maximum atomic E-state index is 13.4. The lowest BCUT2D eigenvalue weighted by Crippen LogP contribution is -2.73. The number of nitrogens with zero attached hydrogens (tertiary/aromatic N) is 1. The van der Waals surface area contributed by atoms with Crippen molar-refractivity contribution in [1.29, 1.82) is 0 Å². The zero-order chi connectivity index (χ0) is 28.3. The minimum absolute atomic E-state index is 0.0189. The number of carbonyl (C=O) groups excluding carboxylic acids is 3. The molecule has 1 aromatic carbocycles. The number of aldehydes is 1. The fraction of sp³-hybridized carbons (Fsp3) is 0.700. The SMILES string of the molecule is CCC(C)C(N[C@H](C(=O)NC)C(C)C)(C(CC=O)C(OC)C(C)C(=O)NCc1ccccc1)N1CCCC1. The summed E-state index contributed by atoms with van der Waals surface area (Å²) >= 11 is 0. The van der Waals surface area contributed by atoms with E-state index in [1.807, 2.05) is 51.1 Å². The summed E-state index contributed by atoms with van der Waals surface area (Å²) in [5, 5.41) is 9.68. The third-order valence-electron chi connectivity index (χ3n) is 8.38. The van der Waals surface area contributed by atoms with Crippen LogP contribution < -0.4 is 16.0 Å². The van der Waals surface area contributed by atoms with E-state index in [1.54, 1.807) is 14.2 Å². The molecule has 0 spiro atoms. The van der Waals surface area contributed by atoms with Crippen molar-refractivity contribution in [2.24, 2.45) is 23.7 Å². The molecule has 6 atom stereocenters. The van der Waals surface area contributed by atoms with Gasteiger partial charge in [-0.1, -0.05) is 71.4 Å². The van der Waals surface area contributed by atoms with Crippen molar-refractivity contribution in [1.82, 2.24) is 20.9 Å². The molecule has 1 saturated heterocycles. The van der Waals surface area contributed by atoms with Crippen LogP contribution in [-0.4, -0.2) is 68.1 Å². The number of hydrogen-bond donors (Lipinski definition) is 3. The van der Waals surface area contributed by atoms with Crippen molar-refractivity contribution in [3.05, 3.63) is 35.9 Å². The lowest BCUT2D eigenvalue weighted by Gasteiger charge is -2.55. The summed E-state index contributed by atoms with van der Waals surface area (Å²) in [6, 6.07) is 9.32. The van der Waals surface area contributed by atoms with Crippen LogP contribution in [0.2, 0.25) is 0 Å². The van der Waals surface area contributed by atoms with E-state index < -0.39 is 23.7 Å². The van der Waals surface area contributed by atoms with Gasteiger partial charge in [-0.05, 0) is 43.3 Å². The molecule has 1 aliphatic heterocycles. The molecule has 1 heterocycles. The van der Waals surface area contributed by atoms with Crippen LogP contribution in [0.5, 0.6) is 0 Å². The molecule has 8 nitrogen and oxygen atoms in total. The average molecular weight is 531 g/mol. The number of amides is 2. The van der Waals surface area contributed by atoms with Gasteiger partial charge in [-0.3, -0.25) is 19.8 Å². The highest BCUT2D eigenvalue weighted by molar-refractivity contribution is 5.82.